The van der Waals surface area contributed by atoms with E-state index in [0.717, 1.165) is 12.8 Å². The lowest BCUT2D eigenvalue weighted by molar-refractivity contribution is 0.357. The van der Waals surface area contributed by atoms with Crippen LogP contribution < -0.4 is 0 Å². The molecule has 0 atom stereocenters. The third-order valence-electron chi connectivity index (χ3n) is 5.22. The monoisotopic (exact) mass is 360 g/mol. The highest BCUT2D eigenvalue weighted by Crippen LogP contribution is 2.27. The van der Waals surface area contributed by atoms with Crippen molar-refractivity contribution in [3.63, 3.8) is 0 Å². The molecule has 0 amide bonds. The molecule has 0 unspecified atom stereocenters. The summed E-state index contributed by atoms with van der Waals surface area (Å²) in [7, 11) is 0. The topological polar surface area (TPSA) is 20.2 Å². The first-order valence-electron chi connectivity index (χ1n) is 10.9. The van der Waals surface area contributed by atoms with Gasteiger partial charge in [-0.1, -0.05) is 85.8 Å². The van der Waals surface area contributed by atoms with E-state index in [-0.39, 0.29) is 0 Å². The van der Waals surface area contributed by atoms with Crippen LogP contribution in [0, 0.1) is 10.8 Å². The van der Waals surface area contributed by atoms with E-state index in [2.05, 4.69) is 47.6 Å². The minimum atomic E-state index is 0.448. The minimum absolute atomic E-state index is 0.448. The Morgan fingerprint density at radius 3 is 1.73 bits per heavy atom. The summed E-state index contributed by atoms with van der Waals surface area (Å²) in [5.74, 6) is 0.506. The highest BCUT2D eigenvalue weighted by Gasteiger charge is 2.11. The molecule has 0 fully saturated rings. The van der Waals surface area contributed by atoms with Gasteiger partial charge in [0.2, 0.25) is 0 Å². The van der Waals surface area contributed by atoms with Crippen molar-refractivity contribution >= 4 is 0 Å². The Morgan fingerprint density at radius 1 is 0.654 bits per heavy atom. The number of phenols is 1. The van der Waals surface area contributed by atoms with Crippen molar-refractivity contribution in [2.75, 3.05) is 0 Å². The van der Waals surface area contributed by atoms with Gasteiger partial charge in [0.25, 0.3) is 0 Å². The Bertz CT molecular complexity index is 502. The molecule has 0 saturated heterocycles. The summed E-state index contributed by atoms with van der Waals surface area (Å²) in [4.78, 5) is 0. The van der Waals surface area contributed by atoms with Gasteiger partial charge in [-0.15, -0.1) is 0 Å². The Kier molecular flexibility index (Phi) is 9.75. The van der Waals surface area contributed by atoms with Crippen LogP contribution >= 0.6 is 0 Å². The first-order valence-corrected chi connectivity index (χ1v) is 10.9. The molecule has 1 heteroatoms. The van der Waals surface area contributed by atoms with E-state index >= 15 is 0 Å². The predicted octanol–water partition coefficient (Wildman–Crippen LogP) is 8.08. The summed E-state index contributed by atoms with van der Waals surface area (Å²) in [5, 5.41) is 10.3. The van der Waals surface area contributed by atoms with Crippen molar-refractivity contribution in [3.8, 4) is 5.75 Å². The molecule has 1 rings (SSSR count). The second-order valence-corrected chi connectivity index (χ2v) is 10.5. The lowest BCUT2D eigenvalue weighted by Crippen LogP contribution is -2.04. The molecule has 0 radical (unpaired) electrons. The number of aromatic hydroxyl groups is 1. The van der Waals surface area contributed by atoms with Gasteiger partial charge in [0.1, 0.15) is 5.75 Å². The molecule has 1 aromatic carbocycles. The van der Waals surface area contributed by atoms with Gasteiger partial charge in [-0.2, -0.15) is 0 Å². The molecule has 0 aliphatic carbocycles. The molecule has 150 valence electrons. The molecule has 1 aromatic rings. The zero-order valence-electron chi connectivity index (χ0n) is 18.5. The van der Waals surface area contributed by atoms with Crippen LogP contribution in [0.5, 0.6) is 5.75 Å². The lowest BCUT2D eigenvalue weighted by Gasteiger charge is -2.18. The molecule has 0 bridgehead atoms. The normalized spacial score (nSPS) is 12.5. The van der Waals surface area contributed by atoms with Gasteiger partial charge in [-0.3, -0.25) is 0 Å². The van der Waals surface area contributed by atoms with E-state index in [1.807, 2.05) is 12.1 Å². The number of hydrogen-bond donors (Lipinski definition) is 1. The predicted molar refractivity (Wildman–Crippen MR) is 116 cm³/mol. The fourth-order valence-corrected chi connectivity index (χ4v) is 3.60. The second kappa shape index (κ2) is 11.0. The summed E-state index contributed by atoms with van der Waals surface area (Å²) in [6, 6.07) is 6.09. The van der Waals surface area contributed by atoms with Crippen molar-refractivity contribution < 1.29 is 5.11 Å². The molecule has 0 aromatic heterocycles. The zero-order valence-corrected chi connectivity index (χ0v) is 18.5. The second-order valence-electron chi connectivity index (χ2n) is 10.5. The highest BCUT2D eigenvalue weighted by molar-refractivity contribution is 5.39. The molecule has 0 aliphatic heterocycles. The van der Waals surface area contributed by atoms with E-state index in [0.29, 0.717) is 16.6 Å². The number of phenolic OH excluding ortho intramolecular Hbond substituents is 1. The molecule has 0 saturated carbocycles. The quantitative estimate of drug-likeness (QED) is 0.395. The van der Waals surface area contributed by atoms with E-state index in [1.165, 1.54) is 68.9 Å². The number of rotatable bonds is 11. The van der Waals surface area contributed by atoms with Crippen LogP contribution in [0.25, 0.3) is 0 Å². The van der Waals surface area contributed by atoms with Gasteiger partial charge in [-0.25, -0.2) is 0 Å². The number of aryl methyl sites for hydroxylation is 1. The fraction of sp³-hybridized carbons (Fsp3) is 0.760. The Balaban J connectivity index is 2.36. The summed E-state index contributed by atoms with van der Waals surface area (Å²) in [5.41, 5.74) is 3.48. The Labute approximate surface area is 163 Å². The molecular formula is C25H44O. The standard InChI is InChI=1S/C25H44O/c1-24(2,3)19-12-8-7-11-17-22-21(16-14-18-23(22)26)15-10-9-13-20-25(4,5)6/h14,16,18,26H,7-13,15,17,19-20H2,1-6H3. The van der Waals surface area contributed by atoms with Gasteiger partial charge in [0.05, 0.1) is 0 Å². The summed E-state index contributed by atoms with van der Waals surface area (Å²) in [6.07, 6.45) is 13.7. The Morgan fingerprint density at radius 2 is 1.15 bits per heavy atom. The third-order valence-corrected chi connectivity index (χ3v) is 5.22. The number of hydrogen-bond acceptors (Lipinski definition) is 1. The average molecular weight is 361 g/mol. The maximum atomic E-state index is 10.3. The van der Waals surface area contributed by atoms with Gasteiger partial charge in [0.15, 0.2) is 0 Å². The molecular weight excluding hydrogens is 316 g/mol. The van der Waals surface area contributed by atoms with E-state index < -0.39 is 0 Å². The summed E-state index contributed by atoms with van der Waals surface area (Å²) >= 11 is 0. The van der Waals surface area contributed by atoms with Crippen LogP contribution in [-0.2, 0) is 12.8 Å². The minimum Gasteiger partial charge on any atom is -0.508 e. The van der Waals surface area contributed by atoms with Crippen molar-refractivity contribution in [1.82, 2.24) is 0 Å². The van der Waals surface area contributed by atoms with Crippen LogP contribution in [-0.4, -0.2) is 5.11 Å². The molecule has 1 N–H and O–H groups in total. The maximum Gasteiger partial charge on any atom is 0.119 e. The van der Waals surface area contributed by atoms with Gasteiger partial charge < -0.3 is 5.11 Å². The van der Waals surface area contributed by atoms with Crippen LogP contribution in [0.1, 0.15) is 110 Å². The molecule has 26 heavy (non-hydrogen) atoms. The van der Waals surface area contributed by atoms with Crippen molar-refractivity contribution in [2.45, 2.75) is 112 Å². The zero-order chi connectivity index (χ0) is 19.6. The summed E-state index contributed by atoms with van der Waals surface area (Å²) in [6.45, 7) is 13.9. The SMILES string of the molecule is CC(C)(C)CCCCCCc1c(O)cccc1CCCCCC(C)(C)C. The van der Waals surface area contributed by atoms with Crippen LogP contribution in [0.15, 0.2) is 18.2 Å². The maximum absolute atomic E-state index is 10.3. The first-order chi connectivity index (χ1) is 12.1. The fourth-order valence-electron chi connectivity index (χ4n) is 3.60. The van der Waals surface area contributed by atoms with Crippen LogP contribution in [0.2, 0.25) is 0 Å². The first kappa shape index (κ1) is 23.1. The lowest BCUT2D eigenvalue weighted by atomic mass is 9.88. The number of benzene rings is 1. The van der Waals surface area contributed by atoms with Gasteiger partial charge in [0, 0.05) is 0 Å². The Hall–Kier alpha value is -0.980. The van der Waals surface area contributed by atoms with Crippen LogP contribution in [0.4, 0.5) is 0 Å². The van der Waals surface area contributed by atoms with Gasteiger partial charge >= 0.3 is 0 Å². The van der Waals surface area contributed by atoms with E-state index in [9.17, 15) is 5.11 Å². The van der Waals surface area contributed by atoms with Gasteiger partial charge in [-0.05, 0) is 66.5 Å². The van der Waals surface area contributed by atoms with Crippen molar-refractivity contribution in [2.24, 2.45) is 10.8 Å². The molecule has 0 heterocycles. The van der Waals surface area contributed by atoms with E-state index in [4.69, 9.17) is 0 Å². The van der Waals surface area contributed by atoms with E-state index in [1.54, 1.807) is 0 Å². The van der Waals surface area contributed by atoms with Crippen LogP contribution in [0.3, 0.4) is 0 Å². The molecule has 1 nitrogen and oxygen atoms in total. The largest absolute Gasteiger partial charge is 0.508 e. The smallest absolute Gasteiger partial charge is 0.119 e. The number of unbranched alkanes of at least 4 members (excludes halogenated alkanes) is 5. The molecule has 0 aliphatic rings. The average Bonchev–Trinajstić information content (AvgIpc) is 2.50. The van der Waals surface area contributed by atoms with Crippen molar-refractivity contribution in [1.29, 1.82) is 0 Å². The van der Waals surface area contributed by atoms with Crippen molar-refractivity contribution in [3.05, 3.63) is 29.3 Å². The summed E-state index contributed by atoms with van der Waals surface area (Å²) < 4.78 is 0. The molecule has 0 spiro atoms. The highest BCUT2D eigenvalue weighted by atomic mass is 16.3. The third kappa shape index (κ3) is 10.9.